The number of nitriles is 1. The third-order valence-corrected chi connectivity index (χ3v) is 5.30. The van der Waals surface area contributed by atoms with Gasteiger partial charge in [0.05, 0.1) is 6.61 Å². The molecular formula is C21H22N4O3. The first-order chi connectivity index (χ1) is 13.7. The summed E-state index contributed by atoms with van der Waals surface area (Å²) < 4.78 is 11.6. The number of amides is 1. The Kier molecular flexibility index (Phi) is 5.49. The predicted octanol–water partition coefficient (Wildman–Crippen LogP) is 2.47. The van der Waals surface area contributed by atoms with E-state index in [2.05, 4.69) is 21.4 Å². The maximum Gasteiger partial charge on any atom is 0.253 e. The summed E-state index contributed by atoms with van der Waals surface area (Å²) in [5, 5.41) is 12.2. The molecule has 0 saturated heterocycles. The standard InChI is InChI=1S/C21H22N4O3/c22-13-18-21(24-11-10-23-18)28-16-7-5-15(6-8-16)25-20(26)19-17-4-2-1-3-14(17)9-12-27-19/h1-4,10-11,15-16,19H,5-9,12H2,(H,25,26)/t15?,16?,19-/m0/s1. The van der Waals surface area contributed by atoms with Crippen LogP contribution in [0.3, 0.4) is 0 Å². The summed E-state index contributed by atoms with van der Waals surface area (Å²) in [6, 6.07) is 10.1. The van der Waals surface area contributed by atoms with E-state index < -0.39 is 6.10 Å². The van der Waals surface area contributed by atoms with Crippen molar-refractivity contribution < 1.29 is 14.3 Å². The van der Waals surface area contributed by atoms with Crippen LogP contribution in [0.1, 0.15) is 48.6 Å². The molecule has 144 valence electrons. The van der Waals surface area contributed by atoms with Crippen molar-refractivity contribution in [3.8, 4) is 11.9 Å². The van der Waals surface area contributed by atoms with Crippen molar-refractivity contribution in [1.82, 2.24) is 15.3 Å². The molecule has 28 heavy (non-hydrogen) atoms. The van der Waals surface area contributed by atoms with E-state index >= 15 is 0 Å². The van der Waals surface area contributed by atoms with E-state index in [4.69, 9.17) is 14.7 Å². The fourth-order valence-corrected chi connectivity index (χ4v) is 3.86. The lowest BCUT2D eigenvalue weighted by Gasteiger charge is -2.31. The fourth-order valence-electron chi connectivity index (χ4n) is 3.86. The van der Waals surface area contributed by atoms with E-state index in [-0.39, 0.29) is 29.6 Å². The highest BCUT2D eigenvalue weighted by Crippen LogP contribution is 2.29. The minimum absolute atomic E-state index is 0.0244. The maximum absolute atomic E-state index is 12.8. The molecule has 1 amide bonds. The van der Waals surface area contributed by atoms with Gasteiger partial charge in [-0.15, -0.1) is 0 Å². The second-order valence-corrected chi connectivity index (χ2v) is 7.12. The molecule has 7 heteroatoms. The largest absolute Gasteiger partial charge is 0.472 e. The van der Waals surface area contributed by atoms with Gasteiger partial charge in [0.2, 0.25) is 5.69 Å². The van der Waals surface area contributed by atoms with Crippen LogP contribution >= 0.6 is 0 Å². The van der Waals surface area contributed by atoms with E-state index in [0.29, 0.717) is 6.61 Å². The van der Waals surface area contributed by atoms with Crippen molar-refractivity contribution in [2.24, 2.45) is 0 Å². The number of nitrogens with one attached hydrogen (secondary N) is 1. The number of hydrogen-bond donors (Lipinski definition) is 1. The van der Waals surface area contributed by atoms with Crippen molar-refractivity contribution in [2.75, 3.05) is 6.61 Å². The smallest absolute Gasteiger partial charge is 0.253 e. The van der Waals surface area contributed by atoms with Crippen LogP contribution in [0.2, 0.25) is 0 Å². The highest BCUT2D eigenvalue weighted by atomic mass is 16.5. The summed E-state index contributed by atoms with van der Waals surface area (Å²) in [6.07, 6.45) is 6.48. The van der Waals surface area contributed by atoms with Gasteiger partial charge >= 0.3 is 0 Å². The molecule has 1 N–H and O–H groups in total. The Hall–Kier alpha value is -2.98. The zero-order valence-electron chi connectivity index (χ0n) is 15.5. The van der Waals surface area contributed by atoms with Crippen molar-refractivity contribution in [1.29, 1.82) is 5.26 Å². The second kappa shape index (κ2) is 8.36. The minimum atomic E-state index is -0.531. The van der Waals surface area contributed by atoms with Crippen LogP contribution in [0.15, 0.2) is 36.7 Å². The van der Waals surface area contributed by atoms with Gasteiger partial charge < -0.3 is 14.8 Å². The number of aromatic nitrogens is 2. The molecule has 1 aromatic carbocycles. The molecule has 1 aliphatic heterocycles. The lowest BCUT2D eigenvalue weighted by molar-refractivity contribution is -0.135. The zero-order chi connectivity index (χ0) is 19.3. The normalized spacial score (nSPS) is 23.9. The molecule has 1 aromatic heterocycles. The lowest BCUT2D eigenvalue weighted by Crippen LogP contribution is -2.43. The number of nitrogens with zero attached hydrogens (tertiary/aromatic N) is 3. The first kappa shape index (κ1) is 18.4. The summed E-state index contributed by atoms with van der Waals surface area (Å²) in [4.78, 5) is 20.8. The quantitative estimate of drug-likeness (QED) is 0.878. The van der Waals surface area contributed by atoms with Crippen LogP contribution in [0.4, 0.5) is 0 Å². The molecule has 0 bridgehead atoms. The minimum Gasteiger partial charge on any atom is -0.472 e. The molecular weight excluding hydrogens is 356 g/mol. The summed E-state index contributed by atoms with van der Waals surface area (Å²) in [7, 11) is 0. The topological polar surface area (TPSA) is 97.1 Å². The van der Waals surface area contributed by atoms with Gasteiger partial charge in [0.15, 0.2) is 6.10 Å². The van der Waals surface area contributed by atoms with Crippen LogP contribution in [0, 0.1) is 11.3 Å². The van der Waals surface area contributed by atoms with Crippen molar-refractivity contribution in [3.05, 3.63) is 53.5 Å². The third kappa shape index (κ3) is 3.97. The Morgan fingerprint density at radius 2 is 1.96 bits per heavy atom. The van der Waals surface area contributed by atoms with Crippen molar-refractivity contribution >= 4 is 5.91 Å². The molecule has 1 saturated carbocycles. The van der Waals surface area contributed by atoms with E-state index in [0.717, 1.165) is 37.7 Å². The van der Waals surface area contributed by atoms with Gasteiger partial charge in [-0.1, -0.05) is 24.3 Å². The number of ether oxygens (including phenoxy) is 2. The van der Waals surface area contributed by atoms with Crippen LogP contribution in [-0.2, 0) is 16.0 Å². The Morgan fingerprint density at radius 3 is 2.79 bits per heavy atom. The summed E-state index contributed by atoms with van der Waals surface area (Å²) >= 11 is 0. The molecule has 7 nitrogen and oxygen atoms in total. The molecule has 0 unspecified atom stereocenters. The van der Waals surface area contributed by atoms with E-state index in [1.54, 1.807) is 0 Å². The van der Waals surface area contributed by atoms with Gasteiger partial charge in [-0.3, -0.25) is 4.79 Å². The molecule has 0 radical (unpaired) electrons. The van der Waals surface area contributed by atoms with Crippen molar-refractivity contribution in [3.63, 3.8) is 0 Å². The monoisotopic (exact) mass is 378 g/mol. The van der Waals surface area contributed by atoms with Crippen LogP contribution in [0.5, 0.6) is 5.88 Å². The number of hydrogen-bond acceptors (Lipinski definition) is 6. The van der Waals surface area contributed by atoms with Gasteiger partial charge in [-0.05, 0) is 43.2 Å². The van der Waals surface area contributed by atoms with Crippen molar-refractivity contribution in [2.45, 2.75) is 50.4 Å². The summed E-state index contributed by atoms with van der Waals surface area (Å²) in [5.74, 6) is 0.210. The number of benzene rings is 1. The number of rotatable bonds is 4. The Labute approximate surface area is 163 Å². The van der Waals surface area contributed by atoms with Crippen LogP contribution in [-0.4, -0.2) is 34.6 Å². The maximum atomic E-state index is 12.8. The second-order valence-electron chi connectivity index (χ2n) is 7.12. The molecule has 1 atom stereocenters. The third-order valence-electron chi connectivity index (χ3n) is 5.30. The van der Waals surface area contributed by atoms with E-state index in [9.17, 15) is 4.79 Å². The average molecular weight is 378 g/mol. The summed E-state index contributed by atoms with van der Waals surface area (Å²) in [5.41, 5.74) is 2.35. The first-order valence-electron chi connectivity index (χ1n) is 9.62. The number of carbonyl (C=O) groups excluding carboxylic acids is 1. The molecule has 2 aliphatic rings. The van der Waals surface area contributed by atoms with E-state index in [1.807, 2.05) is 24.3 Å². The highest BCUT2D eigenvalue weighted by Gasteiger charge is 2.30. The molecule has 2 aromatic rings. The zero-order valence-corrected chi connectivity index (χ0v) is 15.5. The average Bonchev–Trinajstić information content (AvgIpc) is 2.75. The molecule has 0 spiro atoms. The first-order valence-corrected chi connectivity index (χ1v) is 9.62. The van der Waals surface area contributed by atoms with Gasteiger partial charge in [-0.2, -0.15) is 5.26 Å². The molecule has 4 rings (SSSR count). The molecule has 2 heterocycles. The lowest BCUT2D eigenvalue weighted by atomic mass is 9.92. The SMILES string of the molecule is N#Cc1nccnc1OC1CCC(NC(=O)[C@H]2OCCc3ccccc32)CC1. The summed E-state index contributed by atoms with van der Waals surface area (Å²) in [6.45, 7) is 0.565. The molecule has 1 aliphatic carbocycles. The van der Waals surface area contributed by atoms with Crippen LogP contribution in [0.25, 0.3) is 0 Å². The Balaban J connectivity index is 1.31. The van der Waals surface area contributed by atoms with Gasteiger partial charge in [0, 0.05) is 18.4 Å². The highest BCUT2D eigenvalue weighted by molar-refractivity contribution is 5.83. The van der Waals surface area contributed by atoms with Crippen LogP contribution < -0.4 is 10.1 Å². The molecule has 1 fully saturated rings. The number of fused-ring (bicyclic) bond motifs is 1. The Morgan fingerprint density at radius 1 is 1.18 bits per heavy atom. The van der Waals surface area contributed by atoms with E-state index in [1.165, 1.54) is 18.0 Å². The van der Waals surface area contributed by atoms with Gasteiger partial charge in [-0.25, -0.2) is 9.97 Å². The predicted molar refractivity (Wildman–Crippen MR) is 100 cm³/mol. The Bertz CT molecular complexity index is 887. The van der Waals surface area contributed by atoms with Gasteiger partial charge in [0.25, 0.3) is 11.8 Å². The van der Waals surface area contributed by atoms with Gasteiger partial charge in [0.1, 0.15) is 12.2 Å². The fraction of sp³-hybridized carbons (Fsp3) is 0.429. The number of carbonyl (C=O) groups is 1.